The van der Waals surface area contributed by atoms with Crippen LogP contribution in [-0.4, -0.2) is 57.2 Å². The summed E-state index contributed by atoms with van der Waals surface area (Å²) in [7, 11) is -3.48. The van der Waals surface area contributed by atoms with Crippen LogP contribution in [0.4, 0.5) is 10.5 Å². The molecular weight excluding hydrogens is 332 g/mol. The molecule has 3 amide bonds. The summed E-state index contributed by atoms with van der Waals surface area (Å²) in [6.07, 6.45) is 1.69. The number of likely N-dealkylation sites (tertiary alicyclic amines) is 1. The first-order valence-corrected chi connectivity index (χ1v) is 9.59. The van der Waals surface area contributed by atoms with E-state index in [0.29, 0.717) is 26.1 Å². The van der Waals surface area contributed by atoms with Gasteiger partial charge >= 0.3 is 6.03 Å². The molecule has 0 spiro atoms. The lowest BCUT2D eigenvalue weighted by Crippen LogP contribution is -2.42. The summed E-state index contributed by atoms with van der Waals surface area (Å²) in [6.45, 7) is 3.40. The lowest BCUT2D eigenvalue weighted by Gasteiger charge is -2.18. The molecule has 1 aromatic rings. The van der Waals surface area contributed by atoms with Gasteiger partial charge in [0.15, 0.2) is 0 Å². The lowest BCUT2D eigenvalue weighted by atomic mass is 10.1. The minimum Gasteiger partial charge on any atom is -0.347 e. The summed E-state index contributed by atoms with van der Waals surface area (Å²) in [5, 5.41) is 5.58. The summed E-state index contributed by atoms with van der Waals surface area (Å²) in [6, 6.07) is 6.10. The molecule has 8 nitrogen and oxygen atoms in total. The molecule has 132 valence electrons. The second kappa shape index (κ2) is 7.52. The standard InChI is InChI=1S/C15H22N4O4S/c1-3-16-15(21)19-9-8-11(10-19)17-14(20)12-6-4-5-7-13(12)18-24(2,22)23/h4-7,11,18H,3,8-10H2,1-2H3,(H,16,21)(H,17,20). The van der Waals surface area contributed by atoms with Crippen molar-refractivity contribution in [1.29, 1.82) is 0 Å². The smallest absolute Gasteiger partial charge is 0.317 e. The molecule has 1 atom stereocenters. The summed E-state index contributed by atoms with van der Waals surface area (Å²) in [5.74, 6) is -0.371. The average Bonchev–Trinajstić information content (AvgIpc) is 2.95. The SMILES string of the molecule is CCNC(=O)N1CCC(NC(=O)c2ccccc2NS(C)(=O)=O)C1. The highest BCUT2D eigenvalue weighted by molar-refractivity contribution is 7.92. The van der Waals surface area contributed by atoms with Crippen LogP contribution in [0.15, 0.2) is 24.3 Å². The van der Waals surface area contributed by atoms with Crippen LogP contribution in [-0.2, 0) is 10.0 Å². The highest BCUT2D eigenvalue weighted by Gasteiger charge is 2.27. The Morgan fingerprint density at radius 2 is 2.00 bits per heavy atom. The van der Waals surface area contributed by atoms with Crippen molar-refractivity contribution in [3.63, 3.8) is 0 Å². The second-order valence-electron chi connectivity index (χ2n) is 5.66. The van der Waals surface area contributed by atoms with Gasteiger partial charge in [0, 0.05) is 25.7 Å². The maximum Gasteiger partial charge on any atom is 0.317 e. The number of anilines is 1. The Morgan fingerprint density at radius 3 is 2.67 bits per heavy atom. The molecule has 0 aliphatic carbocycles. The molecule has 0 bridgehead atoms. The number of hydrogen-bond acceptors (Lipinski definition) is 4. The van der Waals surface area contributed by atoms with Gasteiger partial charge in [0.2, 0.25) is 10.0 Å². The fourth-order valence-corrected chi connectivity index (χ4v) is 3.14. The maximum atomic E-state index is 12.4. The zero-order valence-corrected chi connectivity index (χ0v) is 14.5. The fourth-order valence-electron chi connectivity index (χ4n) is 2.56. The van der Waals surface area contributed by atoms with Crippen molar-refractivity contribution in [3.8, 4) is 0 Å². The molecular formula is C15H22N4O4S. The second-order valence-corrected chi connectivity index (χ2v) is 7.41. The zero-order valence-electron chi connectivity index (χ0n) is 13.7. The van der Waals surface area contributed by atoms with Crippen LogP contribution in [0, 0.1) is 0 Å². The van der Waals surface area contributed by atoms with Crippen molar-refractivity contribution in [2.45, 2.75) is 19.4 Å². The number of nitrogens with zero attached hydrogens (tertiary/aromatic N) is 1. The van der Waals surface area contributed by atoms with E-state index in [1.54, 1.807) is 23.1 Å². The Balaban J connectivity index is 2.02. The third-order valence-electron chi connectivity index (χ3n) is 3.61. The highest BCUT2D eigenvalue weighted by atomic mass is 32.2. The molecule has 1 fully saturated rings. The summed E-state index contributed by atoms with van der Waals surface area (Å²) in [5.41, 5.74) is 0.482. The Kier molecular flexibility index (Phi) is 5.66. The summed E-state index contributed by atoms with van der Waals surface area (Å²) < 4.78 is 25.1. The lowest BCUT2D eigenvalue weighted by molar-refractivity contribution is 0.0938. The van der Waals surface area contributed by atoms with E-state index in [4.69, 9.17) is 0 Å². The molecule has 1 aliphatic heterocycles. The summed E-state index contributed by atoms with van der Waals surface area (Å²) >= 11 is 0. The molecule has 1 aliphatic rings. The molecule has 1 unspecified atom stereocenters. The van der Waals surface area contributed by atoms with Gasteiger partial charge in [-0.2, -0.15) is 0 Å². The number of benzene rings is 1. The number of amides is 3. The van der Waals surface area contributed by atoms with E-state index in [1.165, 1.54) is 6.07 Å². The fraction of sp³-hybridized carbons (Fsp3) is 0.467. The average molecular weight is 354 g/mol. The first kappa shape index (κ1) is 18.1. The molecule has 9 heteroatoms. The number of nitrogens with one attached hydrogen (secondary N) is 3. The van der Waals surface area contributed by atoms with E-state index >= 15 is 0 Å². The number of urea groups is 1. The number of carbonyl (C=O) groups excluding carboxylic acids is 2. The van der Waals surface area contributed by atoms with Gasteiger partial charge in [-0.05, 0) is 25.5 Å². The van der Waals surface area contributed by atoms with Gasteiger partial charge in [-0.1, -0.05) is 12.1 Å². The van der Waals surface area contributed by atoms with Crippen LogP contribution >= 0.6 is 0 Å². The predicted molar refractivity (Wildman–Crippen MR) is 91.4 cm³/mol. The number of rotatable bonds is 5. The van der Waals surface area contributed by atoms with Crippen molar-refractivity contribution >= 4 is 27.6 Å². The number of hydrogen-bond donors (Lipinski definition) is 3. The monoisotopic (exact) mass is 354 g/mol. The van der Waals surface area contributed by atoms with Gasteiger partial charge < -0.3 is 15.5 Å². The van der Waals surface area contributed by atoms with E-state index < -0.39 is 10.0 Å². The van der Waals surface area contributed by atoms with E-state index in [2.05, 4.69) is 15.4 Å². The molecule has 0 saturated carbocycles. The predicted octanol–water partition coefficient (Wildman–Crippen LogP) is 0.592. The van der Waals surface area contributed by atoms with Gasteiger partial charge in [-0.15, -0.1) is 0 Å². The number of carbonyl (C=O) groups is 2. The van der Waals surface area contributed by atoms with Crippen LogP contribution in [0.1, 0.15) is 23.7 Å². The topological polar surface area (TPSA) is 108 Å². The third kappa shape index (κ3) is 4.85. The Bertz CT molecular complexity index is 720. The van der Waals surface area contributed by atoms with Crippen molar-refractivity contribution in [1.82, 2.24) is 15.5 Å². The van der Waals surface area contributed by atoms with E-state index in [-0.39, 0.29) is 29.2 Å². The molecule has 1 heterocycles. The van der Waals surface area contributed by atoms with Crippen LogP contribution in [0.2, 0.25) is 0 Å². The van der Waals surface area contributed by atoms with E-state index in [0.717, 1.165) is 6.26 Å². The summed E-state index contributed by atoms with van der Waals surface area (Å²) in [4.78, 5) is 25.9. The molecule has 2 rings (SSSR count). The minimum absolute atomic E-state index is 0.145. The zero-order chi connectivity index (χ0) is 17.7. The van der Waals surface area contributed by atoms with Gasteiger partial charge in [-0.25, -0.2) is 13.2 Å². The van der Waals surface area contributed by atoms with Crippen LogP contribution in [0.25, 0.3) is 0 Å². The van der Waals surface area contributed by atoms with Crippen molar-refractivity contribution in [2.24, 2.45) is 0 Å². The Hall–Kier alpha value is -2.29. The number of sulfonamides is 1. The first-order chi connectivity index (χ1) is 11.3. The van der Waals surface area contributed by atoms with Crippen molar-refractivity contribution in [2.75, 3.05) is 30.6 Å². The van der Waals surface area contributed by atoms with Crippen molar-refractivity contribution in [3.05, 3.63) is 29.8 Å². The highest BCUT2D eigenvalue weighted by Crippen LogP contribution is 2.17. The third-order valence-corrected chi connectivity index (χ3v) is 4.20. The quantitative estimate of drug-likeness (QED) is 0.719. The molecule has 1 saturated heterocycles. The molecule has 0 radical (unpaired) electrons. The minimum atomic E-state index is -3.48. The molecule has 0 aromatic heterocycles. The largest absolute Gasteiger partial charge is 0.347 e. The van der Waals surface area contributed by atoms with Gasteiger partial charge in [0.1, 0.15) is 0 Å². The van der Waals surface area contributed by atoms with Gasteiger partial charge in [-0.3, -0.25) is 9.52 Å². The molecule has 1 aromatic carbocycles. The maximum absolute atomic E-state index is 12.4. The normalized spacial score (nSPS) is 17.4. The number of para-hydroxylation sites is 1. The molecule has 3 N–H and O–H groups in total. The van der Waals surface area contributed by atoms with E-state index in [9.17, 15) is 18.0 Å². The molecule has 24 heavy (non-hydrogen) atoms. The van der Waals surface area contributed by atoms with Crippen LogP contribution in [0.5, 0.6) is 0 Å². The van der Waals surface area contributed by atoms with Crippen LogP contribution < -0.4 is 15.4 Å². The first-order valence-electron chi connectivity index (χ1n) is 7.70. The Labute approximate surface area is 141 Å². The van der Waals surface area contributed by atoms with Crippen molar-refractivity contribution < 1.29 is 18.0 Å². The van der Waals surface area contributed by atoms with Crippen LogP contribution in [0.3, 0.4) is 0 Å². The Morgan fingerprint density at radius 1 is 1.29 bits per heavy atom. The van der Waals surface area contributed by atoms with Gasteiger partial charge in [0.25, 0.3) is 5.91 Å². The van der Waals surface area contributed by atoms with Gasteiger partial charge in [0.05, 0.1) is 17.5 Å². The van der Waals surface area contributed by atoms with E-state index in [1.807, 2.05) is 6.92 Å².